The number of aliphatic hydroxyl groups excluding tert-OH is 2. The molecule has 2 aliphatic rings. The standard InChI is InChI=1S/C23H26FNO3/c24-20-7-5-16(6-8-20)13-23(15-26)14-25(10-9-21(23)27)22(28)19-11-17-3-1-2-4-18(17)12-19/h1-8,19,21,26-27H,9-15H2/t21-,23-/m0/s1. The molecule has 1 fully saturated rings. The Hall–Kier alpha value is -2.24. The molecular formula is C23H26FNO3. The maximum atomic E-state index is 13.2. The fraction of sp³-hybridized carbons (Fsp3) is 0.435. The van der Waals surface area contributed by atoms with Gasteiger partial charge in [-0.1, -0.05) is 36.4 Å². The molecule has 1 aliphatic carbocycles. The summed E-state index contributed by atoms with van der Waals surface area (Å²) in [6, 6.07) is 14.3. The summed E-state index contributed by atoms with van der Waals surface area (Å²) in [6.45, 7) is 0.589. The minimum atomic E-state index is -0.822. The fourth-order valence-electron chi connectivity index (χ4n) is 4.72. The number of nitrogens with zero attached hydrogens (tertiary/aromatic N) is 1. The third-order valence-electron chi connectivity index (χ3n) is 6.38. The van der Waals surface area contributed by atoms with Crippen LogP contribution in [0.25, 0.3) is 0 Å². The number of hydrogen-bond donors (Lipinski definition) is 2. The predicted molar refractivity (Wildman–Crippen MR) is 104 cm³/mol. The monoisotopic (exact) mass is 383 g/mol. The lowest BCUT2D eigenvalue weighted by atomic mass is 9.73. The number of aliphatic hydroxyl groups is 2. The third kappa shape index (κ3) is 3.56. The number of amides is 1. The van der Waals surface area contributed by atoms with Gasteiger partial charge in [0.15, 0.2) is 0 Å². The van der Waals surface area contributed by atoms with Crippen LogP contribution in [-0.4, -0.2) is 46.8 Å². The van der Waals surface area contributed by atoms with Crippen molar-refractivity contribution in [3.63, 3.8) is 0 Å². The molecule has 4 rings (SSSR count). The highest BCUT2D eigenvalue weighted by atomic mass is 19.1. The molecule has 1 amide bonds. The van der Waals surface area contributed by atoms with E-state index in [2.05, 4.69) is 12.1 Å². The molecule has 5 heteroatoms. The molecule has 0 saturated carbocycles. The molecular weight excluding hydrogens is 357 g/mol. The van der Waals surface area contributed by atoms with Gasteiger partial charge in [0.05, 0.1) is 12.7 Å². The molecule has 2 N–H and O–H groups in total. The van der Waals surface area contributed by atoms with Crippen molar-refractivity contribution in [3.8, 4) is 0 Å². The van der Waals surface area contributed by atoms with Gasteiger partial charge in [0, 0.05) is 24.4 Å². The van der Waals surface area contributed by atoms with E-state index >= 15 is 0 Å². The molecule has 4 nitrogen and oxygen atoms in total. The number of piperidine rings is 1. The average molecular weight is 383 g/mol. The smallest absolute Gasteiger partial charge is 0.226 e. The van der Waals surface area contributed by atoms with Gasteiger partial charge >= 0.3 is 0 Å². The highest BCUT2D eigenvalue weighted by Crippen LogP contribution is 2.36. The lowest BCUT2D eigenvalue weighted by molar-refractivity contribution is -0.145. The minimum Gasteiger partial charge on any atom is -0.396 e. The normalized spacial score (nSPS) is 25.0. The Kier molecular flexibility index (Phi) is 5.21. The number of carbonyl (C=O) groups excluding carboxylic acids is 1. The zero-order valence-electron chi connectivity index (χ0n) is 15.9. The molecule has 1 saturated heterocycles. The first kappa shape index (κ1) is 19.1. The van der Waals surface area contributed by atoms with E-state index in [1.165, 1.54) is 23.3 Å². The average Bonchev–Trinajstić information content (AvgIpc) is 3.15. The van der Waals surface area contributed by atoms with Gasteiger partial charge in [0.25, 0.3) is 0 Å². The highest BCUT2D eigenvalue weighted by molar-refractivity contribution is 5.80. The van der Waals surface area contributed by atoms with Gasteiger partial charge in [0.2, 0.25) is 5.91 Å². The Bertz CT molecular complexity index is 828. The Labute approximate surface area is 164 Å². The van der Waals surface area contributed by atoms with Crippen LogP contribution in [0.4, 0.5) is 4.39 Å². The van der Waals surface area contributed by atoms with Crippen molar-refractivity contribution < 1.29 is 19.4 Å². The van der Waals surface area contributed by atoms with Crippen LogP contribution < -0.4 is 0 Å². The lowest BCUT2D eigenvalue weighted by Gasteiger charge is -2.46. The molecule has 1 heterocycles. The van der Waals surface area contributed by atoms with Crippen molar-refractivity contribution in [1.82, 2.24) is 4.90 Å². The summed E-state index contributed by atoms with van der Waals surface area (Å²) in [7, 11) is 0. The quantitative estimate of drug-likeness (QED) is 0.852. The molecule has 148 valence electrons. The summed E-state index contributed by atoms with van der Waals surface area (Å²) >= 11 is 0. The zero-order valence-corrected chi connectivity index (χ0v) is 15.9. The van der Waals surface area contributed by atoms with Crippen LogP contribution in [0.1, 0.15) is 23.1 Å². The summed E-state index contributed by atoms with van der Waals surface area (Å²) < 4.78 is 13.2. The first-order valence-corrected chi connectivity index (χ1v) is 9.90. The van der Waals surface area contributed by atoms with Crippen LogP contribution in [0.3, 0.4) is 0 Å². The van der Waals surface area contributed by atoms with Crippen LogP contribution in [-0.2, 0) is 24.1 Å². The topological polar surface area (TPSA) is 60.8 Å². The van der Waals surface area contributed by atoms with Crippen LogP contribution in [0.15, 0.2) is 48.5 Å². The molecule has 1 aliphatic heterocycles. The number of halogens is 1. The molecule has 0 bridgehead atoms. The minimum absolute atomic E-state index is 0.0742. The lowest BCUT2D eigenvalue weighted by Crippen LogP contribution is -2.57. The zero-order chi connectivity index (χ0) is 19.7. The van der Waals surface area contributed by atoms with E-state index in [0.717, 1.165) is 18.4 Å². The number of hydrogen-bond acceptors (Lipinski definition) is 3. The maximum absolute atomic E-state index is 13.2. The largest absolute Gasteiger partial charge is 0.396 e. The summed E-state index contributed by atoms with van der Waals surface area (Å²) in [5.41, 5.74) is 2.49. The van der Waals surface area contributed by atoms with E-state index in [4.69, 9.17) is 0 Å². The maximum Gasteiger partial charge on any atom is 0.226 e. The van der Waals surface area contributed by atoms with E-state index in [-0.39, 0.29) is 24.2 Å². The van der Waals surface area contributed by atoms with E-state index in [0.29, 0.717) is 25.9 Å². The van der Waals surface area contributed by atoms with Crippen LogP contribution in [0.5, 0.6) is 0 Å². The van der Waals surface area contributed by atoms with Crippen molar-refractivity contribution in [3.05, 3.63) is 71.0 Å². The second kappa shape index (κ2) is 7.64. The van der Waals surface area contributed by atoms with Crippen LogP contribution in [0.2, 0.25) is 0 Å². The number of likely N-dealkylation sites (tertiary alicyclic amines) is 1. The summed E-state index contributed by atoms with van der Waals surface area (Å²) in [6.07, 6.45) is 1.63. The number of rotatable bonds is 4. The summed E-state index contributed by atoms with van der Waals surface area (Å²) in [5.74, 6) is -0.293. The Morgan fingerprint density at radius 1 is 1.11 bits per heavy atom. The molecule has 0 aromatic heterocycles. The van der Waals surface area contributed by atoms with Crippen LogP contribution in [0, 0.1) is 17.2 Å². The first-order valence-electron chi connectivity index (χ1n) is 9.90. The van der Waals surface area contributed by atoms with E-state index in [9.17, 15) is 19.4 Å². The van der Waals surface area contributed by atoms with Crippen molar-refractivity contribution in [2.45, 2.75) is 31.8 Å². The SMILES string of the molecule is O=C(C1Cc2ccccc2C1)N1CC[C@H](O)[C@@](CO)(Cc2ccc(F)cc2)C1. The molecule has 0 spiro atoms. The number of benzene rings is 2. The number of fused-ring (bicyclic) bond motifs is 1. The third-order valence-corrected chi connectivity index (χ3v) is 6.38. The molecule has 0 radical (unpaired) electrons. The molecule has 2 aromatic carbocycles. The van der Waals surface area contributed by atoms with Gasteiger partial charge in [-0.25, -0.2) is 4.39 Å². The molecule has 2 atom stereocenters. The van der Waals surface area contributed by atoms with E-state index in [1.807, 2.05) is 17.0 Å². The van der Waals surface area contributed by atoms with Gasteiger partial charge in [-0.05, 0) is 54.5 Å². The van der Waals surface area contributed by atoms with Crippen molar-refractivity contribution >= 4 is 5.91 Å². The first-order chi connectivity index (χ1) is 13.5. The van der Waals surface area contributed by atoms with Gasteiger partial charge < -0.3 is 15.1 Å². The van der Waals surface area contributed by atoms with Gasteiger partial charge in [0.1, 0.15) is 5.82 Å². The van der Waals surface area contributed by atoms with Gasteiger partial charge in [-0.15, -0.1) is 0 Å². The van der Waals surface area contributed by atoms with Crippen molar-refractivity contribution in [1.29, 1.82) is 0 Å². The Morgan fingerprint density at radius 3 is 2.36 bits per heavy atom. The predicted octanol–water partition coefficient (Wildman–Crippen LogP) is 2.36. The molecule has 28 heavy (non-hydrogen) atoms. The van der Waals surface area contributed by atoms with Crippen molar-refractivity contribution in [2.24, 2.45) is 11.3 Å². The highest BCUT2D eigenvalue weighted by Gasteiger charge is 2.45. The number of carbonyl (C=O) groups is 1. The van der Waals surface area contributed by atoms with Crippen LogP contribution >= 0.6 is 0 Å². The Morgan fingerprint density at radius 2 is 1.75 bits per heavy atom. The fourth-order valence-corrected chi connectivity index (χ4v) is 4.72. The van der Waals surface area contributed by atoms with Gasteiger partial charge in [-0.2, -0.15) is 0 Å². The van der Waals surface area contributed by atoms with Gasteiger partial charge in [-0.3, -0.25) is 4.79 Å². The van der Waals surface area contributed by atoms with E-state index < -0.39 is 11.5 Å². The van der Waals surface area contributed by atoms with E-state index in [1.54, 1.807) is 12.1 Å². The Balaban J connectivity index is 1.50. The van der Waals surface area contributed by atoms with Crippen molar-refractivity contribution in [2.75, 3.05) is 19.7 Å². The molecule has 2 aromatic rings. The second-order valence-corrected chi connectivity index (χ2v) is 8.26. The summed E-state index contributed by atoms with van der Waals surface area (Å²) in [5, 5.41) is 20.8. The summed E-state index contributed by atoms with van der Waals surface area (Å²) in [4.78, 5) is 15.0. The second-order valence-electron chi connectivity index (χ2n) is 8.26. The molecule has 0 unspecified atom stereocenters.